The largest absolute Gasteiger partial charge is 0.573 e. The number of H-pyrrole nitrogens is 1. The van der Waals surface area contributed by atoms with Crippen LogP contribution in [-0.2, 0) is 0 Å². The first-order chi connectivity index (χ1) is 6.85. The van der Waals surface area contributed by atoms with E-state index < -0.39 is 23.1 Å². The summed E-state index contributed by atoms with van der Waals surface area (Å²) in [5.41, 5.74) is 3.33. The Labute approximate surface area is 80.9 Å². The van der Waals surface area contributed by atoms with Crippen LogP contribution in [0.25, 0.3) is 0 Å². The van der Waals surface area contributed by atoms with E-state index in [2.05, 4.69) is 9.72 Å². The summed E-state index contributed by atoms with van der Waals surface area (Å²) in [5.74, 6) is -1.33. The molecule has 5 nitrogen and oxygen atoms in total. The molecule has 80 valence electrons. The van der Waals surface area contributed by atoms with Crippen LogP contribution in [0.2, 0.25) is 0 Å². The molecule has 1 rings (SSSR count). The number of anilines is 1. The van der Waals surface area contributed by atoms with Crippen molar-refractivity contribution in [3.63, 3.8) is 0 Å². The Hall–Kier alpha value is -2.17. The van der Waals surface area contributed by atoms with E-state index in [1.165, 1.54) is 6.07 Å². The molecule has 0 saturated carbocycles. The molecular weight excluding hydrogens is 215 g/mol. The van der Waals surface area contributed by atoms with E-state index in [-0.39, 0.29) is 5.82 Å². The van der Waals surface area contributed by atoms with Crippen LogP contribution < -0.4 is 15.9 Å². The molecule has 1 aromatic rings. The zero-order chi connectivity index (χ0) is 11.6. The topological polar surface area (TPSA) is 91.9 Å². The molecule has 0 radical (unpaired) electrons. The normalized spacial score (nSPS) is 10.8. The molecule has 8 heteroatoms. The van der Waals surface area contributed by atoms with Gasteiger partial charge in [0, 0.05) is 6.20 Å². The minimum atomic E-state index is -4.99. The molecule has 1 aromatic heterocycles. The summed E-state index contributed by atoms with van der Waals surface area (Å²) in [4.78, 5) is 13.3. The minimum Gasteiger partial charge on any atom is -0.400 e. The third-order valence-corrected chi connectivity index (χ3v) is 1.42. The zero-order valence-corrected chi connectivity index (χ0v) is 7.05. The highest BCUT2D eigenvalue weighted by Gasteiger charge is 2.32. The second-order valence-corrected chi connectivity index (χ2v) is 2.43. The average Bonchev–Trinajstić information content (AvgIpc) is 2.09. The van der Waals surface area contributed by atoms with E-state index in [1.807, 2.05) is 0 Å². The fourth-order valence-corrected chi connectivity index (χ4v) is 0.838. The monoisotopic (exact) mass is 219 g/mol. The number of nitrogens with zero attached hydrogens (tertiary/aromatic N) is 1. The van der Waals surface area contributed by atoms with Gasteiger partial charge in [-0.05, 0) is 0 Å². The summed E-state index contributed by atoms with van der Waals surface area (Å²) in [6.45, 7) is 0. The third kappa shape index (κ3) is 2.40. The average molecular weight is 219 g/mol. The fraction of sp³-hybridized carbons (Fsp3) is 0.143. The van der Waals surface area contributed by atoms with Crippen LogP contribution in [0.1, 0.15) is 5.56 Å². The maximum absolute atomic E-state index is 11.8. The van der Waals surface area contributed by atoms with E-state index in [1.54, 1.807) is 0 Å². The van der Waals surface area contributed by atoms with Gasteiger partial charge in [-0.3, -0.25) is 4.79 Å². The Morgan fingerprint density at radius 1 is 1.53 bits per heavy atom. The van der Waals surface area contributed by atoms with Crippen LogP contribution in [0.15, 0.2) is 11.0 Å². The lowest BCUT2D eigenvalue weighted by molar-refractivity contribution is -0.275. The molecule has 0 aliphatic rings. The highest BCUT2D eigenvalue weighted by Crippen LogP contribution is 2.20. The van der Waals surface area contributed by atoms with Gasteiger partial charge in [0.2, 0.25) is 5.43 Å². The molecule has 0 bridgehead atoms. The van der Waals surface area contributed by atoms with E-state index >= 15 is 0 Å². The van der Waals surface area contributed by atoms with E-state index in [0.29, 0.717) is 6.20 Å². The van der Waals surface area contributed by atoms with Crippen LogP contribution >= 0.6 is 0 Å². The number of halogens is 3. The first kappa shape index (κ1) is 10.9. The lowest BCUT2D eigenvalue weighted by Gasteiger charge is -2.08. The molecule has 0 amide bonds. The number of hydrogen-bond acceptors (Lipinski definition) is 4. The molecule has 1 heterocycles. The predicted molar refractivity (Wildman–Crippen MR) is 42.9 cm³/mol. The van der Waals surface area contributed by atoms with Gasteiger partial charge in [-0.15, -0.1) is 13.2 Å². The van der Waals surface area contributed by atoms with E-state index in [4.69, 9.17) is 11.0 Å². The molecule has 0 atom stereocenters. The number of nitriles is 1. The fourth-order valence-electron chi connectivity index (χ4n) is 0.838. The molecule has 15 heavy (non-hydrogen) atoms. The maximum Gasteiger partial charge on any atom is 0.573 e. The SMILES string of the molecule is N#Cc1c(N)[nH]cc(OC(F)(F)F)c1=O. The summed E-state index contributed by atoms with van der Waals surface area (Å²) in [5, 5.41) is 8.44. The molecule has 0 aliphatic heterocycles. The quantitative estimate of drug-likeness (QED) is 0.728. The molecule has 0 unspecified atom stereocenters. The van der Waals surface area contributed by atoms with Gasteiger partial charge in [-0.1, -0.05) is 0 Å². The van der Waals surface area contributed by atoms with Crippen LogP contribution in [0.4, 0.5) is 19.0 Å². The van der Waals surface area contributed by atoms with E-state index in [9.17, 15) is 18.0 Å². The first-order valence-electron chi connectivity index (χ1n) is 3.52. The number of aromatic amines is 1. The van der Waals surface area contributed by atoms with Crippen molar-refractivity contribution in [2.75, 3.05) is 5.73 Å². The summed E-state index contributed by atoms with van der Waals surface area (Å²) in [7, 11) is 0. The Bertz CT molecular complexity index is 472. The summed E-state index contributed by atoms with van der Waals surface area (Å²) in [6.07, 6.45) is -4.35. The minimum absolute atomic E-state index is 0.308. The lowest BCUT2D eigenvalue weighted by Crippen LogP contribution is -2.23. The Morgan fingerprint density at radius 3 is 2.60 bits per heavy atom. The van der Waals surface area contributed by atoms with E-state index in [0.717, 1.165) is 0 Å². The van der Waals surface area contributed by atoms with Gasteiger partial charge in [0.15, 0.2) is 5.75 Å². The third-order valence-electron chi connectivity index (χ3n) is 1.42. The summed E-state index contributed by atoms with van der Waals surface area (Å²) < 4.78 is 38.7. The van der Waals surface area contributed by atoms with Gasteiger partial charge in [-0.2, -0.15) is 5.26 Å². The number of rotatable bonds is 1. The van der Waals surface area contributed by atoms with Crippen molar-refractivity contribution in [1.82, 2.24) is 4.98 Å². The highest BCUT2D eigenvalue weighted by molar-refractivity contribution is 5.50. The first-order valence-corrected chi connectivity index (χ1v) is 3.52. The van der Waals surface area contributed by atoms with Crippen molar-refractivity contribution in [2.45, 2.75) is 6.36 Å². The van der Waals surface area contributed by atoms with Crippen LogP contribution in [0.3, 0.4) is 0 Å². The number of nitrogens with one attached hydrogen (secondary N) is 1. The number of hydrogen-bond donors (Lipinski definition) is 2. The van der Waals surface area contributed by atoms with Crippen molar-refractivity contribution in [2.24, 2.45) is 0 Å². The molecule has 0 fully saturated rings. The van der Waals surface area contributed by atoms with Gasteiger partial charge >= 0.3 is 6.36 Å². The van der Waals surface area contributed by atoms with Crippen molar-refractivity contribution in [3.8, 4) is 11.8 Å². The molecular formula is C7H4F3N3O2. The Morgan fingerprint density at radius 2 is 2.13 bits per heavy atom. The standard InChI is InChI=1S/C7H4F3N3O2/c8-7(9,10)15-4-2-13-6(12)3(1-11)5(4)14/h2H,(H3,12,13,14). The molecule has 3 N–H and O–H groups in total. The van der Waals surface area contributed by atoms with Crippen LogP contribution in [-0.4, -0.2) is 11.3 Å². The predicted octanol–water partition coefficient (Wildman–Crippen LogP) is 0.727. The van der Waals surface area contributed by atoms with Gasteiger partial charge in [0.25, 0.3) is 0 Å². The number of ether oxygens (including phenoxy) is 1. The van der Waals surface area contributed by atoms with Crippen molar-refractivity contribution in [3.05, 3.63) is 22.0 Å². The maximum atomic E-state index is 11.8. The van der Waals surface area contributed by atoms with Crippen LogP contribution in [0.5, 0.6) is 5.75 Å². The van der Waals surface area contributed by atoms with Crippen molar-refractivity contribution < 1.29 is 17.9 Å². The number of alkyl halides is 3. The van der Waals surface area contributed by atoms with Gasteiger partial charge in [-0.25, -0.2) is 0 Å². The van der Waals surface area contributed by atoms with Gasteiger partial charge in [0.1, 0.15) is 17.5 Å². The second-order valence-electron chi connectivity index (χ2n) is 2.43. The van der Waals surface area contributed by atoms with Crippen molar-refractivity contribution in [1.29, 1.82) is 5.26 Å². The second kappa shape index (κ2) is 3.53. The number of pyridine rings is 1. The summed E-state index contributed by atoms with van der Waals surface area (Å²) >= 11 is 0. The number of nitrogens with two attached hydrogens (primary N) is 1. The van der Waals surface area contributed by atoms with Gasteiger partial charge in [0.05, 0.1) is 0 Å². The smallest absolute Gasteiger partial charge is 0.400 e. The lowest BCUT2D eigenvalue weighted by atomic mass is 10.2. The highest BCUT2D eigenvalue weighted by atomic mass is 19.4. The molecule has 0 saturated heterocycles. The van der Waals surface area contributed by atoms with Crippen LogP contribution in [0, 0.1) is 11.3 Å². The zero-order valence-electron chi connectivity index (χ0n) is 7.05. The molecule has 0 spiro atoms. The summed E-state index contributed by atoms with van der Waals surface area (Å²) in [6, 6.07) is 1.37. The Balaban J connectivity index is 3.25. The van der Waals surface area contributed by atoms with Gasteiger partial charge < -0.3 is 15.5 Å². The molecule has 0 aromatic carbocycles. The Kier molecular flexibility index (Phi) is 2.57. The number of nitrogen functional groups attached to an aromatic ring is 1. The number of aromatic nitrogens is 1. The van der Waals surface area contributed by atoms with Crippen molar-refractivity contribution >= 4 is 5.82 Å². The molecule has 0 aliphatic carbocycles.